The summed E-state index contributed by atoms with van der Waals surface area (Å²) in [6, 6.07) is -1.67. The Labute approximate surface area is 123 Å². The van der Waals surface area contributed by atoms with E-state index in [1.807, 2.05) is 0 Å². The fraction of sp³-hybridized carbons (Fsp3) is 0.750. The van der Waals surface area contributed by atoms with Crippen molar-refractivity contribution < 1.29 is 14.3 Å². The van der Waals surface area contributed by atoms with Crippen molar-refractivity contribution in [2.45, 2.75) is 39.2 Å². The molecule has 20 heavy (non-hydrogen) atoms. The number of nitrogens with zero attached hydrogens (tertiary/aromatic N) is 2. The van der Waals surface area contributed by atoms with Crippen LogP contribution in [0.4, 0.5) is 9.59 Å². The molecule has 0 aromatic rings. The zero-order valence-electron chi connectivity index (χ0n) is 12.4. The van der Waals surface area contributed by atoms with Crippen molar-refractivity contribution in [1.82, 2.24) is 14.5 Å². The fourth-order valence-corrected chi connectivity index (χ4v) is 2.60. The molecule has 114 valence electrons. The van der Waals surface area contributed by atoms with Gasteiger partial charge in [-0.15, -0.1) is 0 Å². The van der Waals surface area contributed by atoms with Crippen LogP contribution in [-0.4, -0.2) is 52.2 Å². The van der Waals surface area contributed by atoms with Gasteiger partial charge in [0.15, 0.2) is 0 Å². The highest BCUT2D eigenvalue weighted by molar-refractivity contribution is 7.97. The number of imide groups is 1. The van der Waals surface area contributed by atoms with Crippen molar-refractivity contribution in [3.05, 3.63) is 0 Å². The summed E-state index contributed by atoms with van der Waals surface area (Å²) >= 11 is 1.37. The summed E-state index contributed by atoms with van der Waals surface area (Å²) in [7, 11) is 1.26. The summed E-state index contributed by atoms with van der Waals surface area (Å²) < 4.78 is 6.25. The predicted molar refractivity (Wildman–Crippen MR) is 78.7 cm³/mol. The maximum absolute atomic E-state index is 12.4. The molecule has 0 radical (unpaired) electrons. The molecule has 8 heteroatoms. The molecule has 1 fully saturated rings. The molecular formula is C12H22N4O3S. The molecule has 1 rings (SSSR count). The molecule has 1 heterocycles. The molecule has 0 bridgehead atoms. The Morgan fingerprint density at radius 1 is 1.35 bits per heavy atom. The molecule has 1 saturated heterocycles. The van der Waals surface area contributed by atoms with Crippen LogP contribution in [0.15, 0.2) is 0 Å². The molecular weight excluding hydrogens is 280 g/mol. The second-order valence-corrected chi connectivity index (χ2v) is 6.56. The third-order valence-corrected chi connectivity index (χ3v) is 3.61. The molecule has 0 unspecified atom stereocenters. The topological polar surface area (TPSA) is 85.7 Å². The molecule has 4 amide bonds. The smallest absolute Gasteiger partial charge is 0.346 e. The van der Waals surface area contributed by atoms with Gasteiger partial charge in [0.2, 0.25) is 0 Å². The molecule has 0 saturated carbocycles. The van der Waals surface area contributed by atoms with E-state index in [-0.39, 0.29) is 0 Å². The lowest BCUT2D eigenvalue weighted by Crippen LogP contribution is -2.55. The summed E-state index contributed by atoms with van der Waals surface area (Å²) in [6.07, 6.45) is 1.94. The van der Waals surface area contributed by atoms with Gasteiger partial charge in [0.25, 0.3) is 0 Å². The third-order valence-electron chi connectivity index (χ3n) is 2.49. The molecule has 1 aliphatic rings. The van der Waals surface area contributed by atoms with Gasteiger partial charge in [0, 0.05) is 17.8 Å². The Bertz CT molecular complexity index is 389. The quantitative estimate of drug-likeness (QED) is 0.408. The van der Waals surface area contributed by atoms with Crippen LogP contribution in [0.5, 0.6) is 0 Å². The van der Waals surface area contributed by atoms with Crippen molar-refractivity contribution in [2.24, 2.45) is 0 Å². The largest absolute Gasteiger partial charge is 0.468 e. The van der Waals surface area contributed by atoms with Gasteiger partial charge < -0.3 is 10.1 Å². The highest BCUT2D eigenvalue weighted by Crippen LogP contribution is 2.21. The summed E-state index contributed by atoms with van der Waals surface area (Å²) in [5.74, 6) is 0.834. The Hall–Kier alpha value is -1.44. The Kier molecular flexibility index (Phi) is 5.67. The Balaban J connectivity index is 2.85. The Morgan fingerprint density at radius 3 is 2.45 bits per heavy atom. The van der Waals surface area contributed by atoms with E-state index in [9.17, 15) is 9.59 Å². The van der Waals surface area contributed by atoms with Crippen molar-refractivity contribution in [3.8, 4) is 0 Å². The average molecular weight is 302 g/mol. The summed E-state index contributed by atoms with van der Waals surface area (Å²) in [5.41, 5.74) is -0.501. The molecule has 0 spiro atoms. The standard InChI is InChI=1S/C12H22N4O3S/c1-12(2,3)14-10(17)16(9(13)19-4)11(18)15-7-5-6-8-20-15/h13H,5-8H2,1-4H3,(H,14,17). The molecule has 7 nitrogen and oxygen atoms in total. The van der Waals surface area contributed by atoms with Gasteiger partial charge >= 0.3 is 18.1 Å². The van der Waals surface area contributed by atoms with Gasteiger partial charge in [0.1, 0.15) is 0 Å². The first-order valence-electron chi connectivity index (χ1n) is 6.45. The first kappa shape index (κ1) is 16.6. The van der Waals surface area contributed by atoms with Gasteiger partial charge in [-0.05, 0) is 45.6 Å². The van der Waals surface area contributed by atoms with Crippen molar-refractivity contribution in [2.75, 3.05) is 19.4 Å². The van der Waals surface area contributed by atoms with Crippen LogP contribution in [0.1, 0.15) is 33.6 Å². The first-order valence-corrected chi connectivity index (χ1v) is 7.40. The van der Waals surface area contributed by atoms with Crippen molar-refractivity contribution in [3.63, 3.8) is 0 Å². The monoisotopic (exact) mass is 302 g/mol. The lowest BCUT2D eigenvalue weighted by Gasteiger charge is -2.31. The number of hydrogen-bond donors (Lipinski definition) is 2. The minimum absolute atomic E-state index is 0.483. The van der Waals surface area contributed by atoms with Crippen LogP contribution in [0, 0.1) is 5.41 Å². The van der Waals surface area contributed by atoms with Crippen molar-refractivity contribution in [1.29, 1.82) is 5.41 Å². The number of urea groups is 2. The van der Waals surface area contributed by atoms with Crippen LogP contribution < -0.4 is 5.32 Å². The summed E-state index contributed by atoms with van der Waals surface area (Å²) in [6.45, 7) is 5.98. The number of hydrogen-bond acceptors (Lipinski definition) is 5. The number of rotatable bonds is 0. The van der Waals surface area contributed by atoms with Crippen LogP contribution in [0.2, 0.25) is 0 Å². The average Bonchev–Trinajstić information content (AvgIpc) is 2.37. The number of nitrogens with one attached hydrogen (secondary N) is 2. The highest BCUT2D eigenvalue weighted by Gasteiger charge is 2.34. The lowest BCUT2D eigenvalue weighted by molar-refractivity contribution is 0.178. The summed E-state index contributed by atoms with van der Waals surface area (Å²) in [4.78, 5) is 25.3. The van der Waals surface area contributed by atoms with Crippen LogP contribution in [0.3, 0.4) is 0 Å². The molecule has 1 aliphatic heterocycles. The minimum Gasteiger partial charge on any atom is -0.468 e. The van der Waals surface area contributed by atoms with E-state index >= 15 is 0 Å². The van der Waals surface area contributed by atoms with Crippen LogP contribution >= 0.6 is 11.9 Å². The van der Waals surface area contributed by atoms with Crippen LogP contribution in [-0.2, 0) is 4.74 Å². The normalized spacial score (nSPS) is 15.5. The number of carbonyl (C=O) groups is 2. The van der Waals surface area contributed by atoms with Gasteiger partial charge in [-0.1, -0.05) is 0 Å². The maximum atomic E-state index is 12.4. The zero-order chi connectivity index (χ0) is 15.3. The molecule has 0 aliphatic carbocycles. The number of amides is 4. The summed E-state index contributed by atoms with van der Waals surface area (Å²) in [5, 5.41) is 10.3. The fourth-order valence-electron chi connectivity index (χ4n) is 1.59. The van der Waals surface area contributed by atoms with E-state index in [4.69, 9.17) is 10.1 Å². The van der Waals surface area contributed by atoms with Crippen LogP contribution in [0.25, 0.3) is 0 Å². The third kappa shape index (κ3) is 4.59. The van der Waals surface area contributed by atoms with E-state index in [0.717, 1.165) is 23.5 Å². The molecule has 0 aromatic heterocycles. The molecule has 0 atom stereocenters. The second kappa shape index (κ2) is 6.83. The molecule has 0 aromatic carbocycles. The zero-order valence-corrected chi connectivity index (χ0v) is 13.2. The Morgan fingerprint density at radius 2 is 2.00 bits per heavy atom. The molecule has 2 N–H and O–H groups in total. The predicted octanol–water partition coefficient (Wildman–Crippen LogP) is 2.24. The number of amidine groups is 1. The SMILES string of the molecule is COC(=N)N(C(=O)NC(C)(C)C)C(=O)N1CCCCS1. The van der Waals surface area contributed by atoms with Gasteiger partial charge in [-0.2, -0.15) is 4.90 Å². The minimum atomic E-state index is -0.652. The van der Waals surface area contributed by atoms with Gasteiger partial charge in [0.05, 0.1) is 7.11 Å². The lowest BCUT2D eigenvalue weighted by atomic mass is 10.1. The maximum Gasteiger partial charge on any atom is 0.346 e. The number of methoxy groups -OCH3 is 1. The highest BCUT2D eigenvalue weighted by atomic mass is 32.2. The van der Waals surface area contributed by atoms with E-state index < -0.39 is 23.6 Å². The number of carbonyl (C=O) groups excluding carboxylic acids is 2. The van der Waals surface area contributed by atoms with E-state index in [2.05, 4.69) is 5.32 Å². The van der Waals surface area contributed by atoms with E-state index in [1.165, 1.54) is 23.4 Å². The van der Waals surface area contributed by atoms with Crippen molar-refractivity contribution >= 4 is 30.0 Å². The van der Waals surface area contributed by atoms with E-state index in [0.29, 0.717) is 6.54 Å². The van der Waals surface area contributed by atoms with Gasteiger partial charge in [-0.3, -0.25) is 9.71 Å². The first-order chi connectivity index (χ1) is 9.26. The second-order valence-electron chi connectivity index (χ2n) is 5.45. The van der Waals surface area contributed by atoms with Gasteiger partial charge in [-0.25, -0.2) is 9.59 Å². The van der Waals surface area contributed by atoms with E-state index in [1.54, 1.807) is 20.8 Å². The number of ether oxygens (including phenoxy) is 1.